The fraction of sp³-hybridized carbons (Fsp3) is 0.647. The van der Waals surface area contributed by atoms with Crippen molar-refractivity contribution >= 4 is 0 Å². The topological polar surface area (TPSA) is 23.5 Å². The maximum absolute atomic E-state index is 13.9. The number of rotatable bonds is 5. The predicted molar refractivity (Wildman–Crippen MR) is 80.0 cm³/mol. The Kier molecular flexibility index (Phi) is 5.17. The lowest BCUT2D eigenvalue weighted by Gasteiger charge is -2.40. The molecule has 1 N–H and O–H groups in total. The maximum atomic E-state index is 13.9. The van der Waals surface area contributed by atoms with Crippen LogP contribution < -0.4 is 0 Å². The molecule has 0 saturated heterocycles. The van der Waals surface area contributed by atoms with Crippen LogP contribution in [0, 0.1) is 11.2 Å². The summed E-state index contributed by atoms with van der Waals surface area (Å²) in [5.41, 5.74) is 0.742. The van der Waals surface area contributed by atoms with Crippen molar-refractivity contribution in [2.75, 3.05) is 20.2 Å². The molecular formula is C17H26FNO. The highest BCUT2D eigenvalue weighted by molar-refractivity contribution is 5.20. The lowest BCUT2D eigenvalue weighted by atomic mass is 9.74. The number of hydrogen-bond donors (Lipinski definition) is 1. The fourth-order valence-electron chi connectivity index (χ4n) is 3.39. The zero-order chi connectivity index (χ0) is 14.6. The Morgan fingerprint density at radius 1 is 1.25 bits per heavy atom. The number of halogens is 1. The standard InChI is InChI=1S/C17H26FNO/c1-14(15-8-4-5-9-16(15)18)19(2)12-17(13-20)10-6-3-7-11-17/h4-5,8-9,14,20H,3,6-7,10-13H2,1-2H3. The van der Waals surface area contributed by atoms with Gasteiger partial charge in [0.25, 0.3) is 0 Å². The van der Waals surface area contributed by atoms with Crippen LogP contribution in [0.2, 0.25) is 0 Å². The van der Waals surface area contributed by atoms with Gasteiger partial charge in [-0.2, -0.15) is 0 Å². The smallest absolute Gasteiger partial charge is 0.127 e. The second-order valence-corrected chi connectivity index (χ2v) is 6.33. The SMILES string of the molecule is CC(c1ccccc1F)N(C)CC1(CO)CCCCC1. The summed E-state index contributed by atoms with van der Waals surface area (Å²) in [5.74, 6) is -0.145. The van der Waals surface area contributed by atoms with Gasteiger partial charge in [0.15, 0.2) is 0 Å². The van der Waals surface area contributed by atoms with Crippen molar-refractivity contribution in [2.24, 2.45) is 5.41 Å². The van der Waals surface area contributed by atoms with Crippen molar-refractivity contribution < 1.29 is 9.50 Å². The molecule has 1 saturated carbocycles. The third-order valence-electron chi connectivity index (χ3n) is 4.85. The van der Waals surface area contributed by atoms with Crippen molar-refractivity contribution in [1.29, 1.82) is 0 Å². The Hall–Kier alpha value is -0.930. The van der Waals surface area contributed by atoms with Gasteiger partial charge in [0.05, 0.1) is 0 Å². The van der Waals surface area contributed by atoms with Crippen LogP contribution in [0.15, 0.2) is 24.3 Å². The molecule has 3 heteroatoms. The molecule has 1 fully saturated rings. The van der Waals surface area contributed by atoms with Crippen LogP contribution in [0.4, 0.5) is 4.39 Å². The van der Waals surface area contributed by atoms with Crippen molar-refractivity contribution in [2.45, 2.75) is 45.1 Å². The summed E-state index contributed by atoms with van der Waals surface area (Å²) in [6.07, 6.45) is 5.83. The minimum absolute atomic E-state index is 0.00646. The molecule has 112 valence electrons. The van der Waals surface area contributed by atoms with Gasteiger partial charge in [-0.05, 0) is 32.9 Å². The Labute approximate surface area is 121 Å². The highest BCUT2D eigenvalue weighted by Crippen LogP contribution is 2.38. The molecule has 0 radical (unpaired) electrons. The average Bonchev–Trinajstić information content (AvgIpc) is 2.48. The minimum Gasteiger partial charge on any atom is -0.396 e. The zero-order valence-electron chi connectivity index (χ0n) is 12.6. The van der Waals surface area contributed by atoms with Gasteiger partial charge in [-0.15, -0.1) is 0 Å². The van der Waals surface area contributed by atoms with E-state index in [0.29, 0.717) is 0 Å². The number of aliphatic hydroxyl groups is 1. The highest BCUT2D eigenvalue weighted by atomic mass is 19.1. The van der Waals surface area contributed by atoms with E-state index in [1.165, 1.54) is 25.3 Å². The lowest BCUT2D eigenvalue weighted by Crippen LogP contribution is -2.41. The summed E-state index contributed by atoms with van der Waals surface area (Å²) in [7, 11) is 2.03. The van der Waals surface area contributed by atoms with E-state index in [9.17, 15) is 9.50 Å². The molecule has 2 rings (SSSR count). The molecule has 1 aromatic carbocycles. The summed E-state index contributed by atoms with van der Waals surface area (Å²) in [6.45, 7) is 3.10. The van der Waals surface area contributed by atoms with E-state index in [1.807, 2.05) is 26.1 Å². The summed E-state index contributed by atoms with van der Waals surface area (Å²) in [5, 5.41) is 9.80. The van der Waals surface area contributed by atoms with Crippen LogP contribution in [0.1, 0.15) is 50.6 Å². The van der Waals surface area contributed by atoms with Gasteiger partial charge in [-0.3, -0.25) is 4.90 Å². The second kappa shape index (κ2) is 6.68. The van der Waals surface area contributed by atoms with Crippen LogP contribution in [-0.2, 0) is 0 Å². The molecule has 0 amide bonds. The van der Waals surface area contributed by atoms with Crippen LogP contribution in [0.3, 0.4) is 0 Å². The van der Waals surface area contributed by atoms with Crippen molar-refractivity contribution in [3.8, 4) is 0 Å². The lowest BCUT2D eigenvalue weighted by molar-refractivity contribution is 0.0371. The van der Waals surface area contributed by atoms with Crippen LogP contribution in [0.5, 0.6) is 0 Å². The van der Waals surface area contributed by atoms with E-state index in [-0.39, 0.29) is 23.9 Å². The molecular weight excluding hydrogens is 253 g/mol. The Bertz CT molecular complexity index is 429. The molecule has 1 aromatic rings. The third kappa shape index (κ3) is 3.39. The Morgan fingerprint density at radius 2 is 1.90 bits per heavy atom. The predicted octanol–water partition coefficient (Wildman–Crippen LogP) is 3.76. The van der Waals surface area contributed by atoms with Gasteiger partial charge < -0.3 is 5.11 Å². The molecule has 1 unspecified atom stereocenters. The first-order chi connectivity index (χ1) is 9.58. The fourth-order valence-corrected chi connectivity index (χ4v) is 3.39. The second-order valence-electron chi connectivity index (χ2n) is 6.33. The van der Waals surface area contributed by atoms with Gasteiger partial charge in [0.1, 0.15) is 5.82 Å². The van der Waals surface area contributed by atoms with E-state index in [0.717, 1.165) is 24.9 Å². The molecule has 1 atom stereocenters. The van der Waals surface area contributed by atoms with E-state index in [1.54, 1.807) is 6.07 Å². The summed E-state index contributed by atoms with van der Waals surface area (Å²) < 4.78 is 13.9. The first-order valence-corrected chi connectivity index (χ1v) is 7.63. The normalized spacial score (nSPS) is 20.1. The van der Waals surface area contributed by atoms with Gasteiger partial charge in [0, 0.05) is 30.2 Å². The van der Waals surface area contributed by atoms with Gasteiger partial charge in [0.2, 0.25) is 0 Å². The average molecular weight is 279 g/mol. The summed E-state index contributed by atoms with van der Waals surface area (Å²) in [6, 6.07) is 7.00. The van der Waals surface area contributed by atoms with E-state index in [4.69, 9.17) is 0 Å². The van der Waals surface area contributed by atoms with E-state index in [2.05, 4.69) is 4.90 Å². The van der Waals surface area contributed by atoms with Crippen LogP contribution in [0.25, 0.3) is 0 Å². The minimum atomic E-state index is -0.145. The van der Waals surface area contributed by atoms with E-state index < -0.39 is 0 Å². The molecule has 0 bridgehead atoms. The third-order valence-corrected chi connectivity index (χ3v) is 4.85. The van der Waals surface area contributed by atoms with E-state index >= 15 is 0 Å². The summed E-state index contributed by atoms with van der Waals surface area (Å²) >= 11 is 0. The first kappa shape index (κ1) is 15.5. The van der Waals surface area contributed by atoms with Crippen molar-refractivity contribution in [3.63, 3.8) is 0 Å². The van der Waals surface area contributed by atoms with Crippen LogP contribution >= 0.6 is 0 Å². The molecule has 2 nitrogen and oxygen atoms in total. The Balaban J connectivity index is 2.07. The highest BCUT2D eigenvalue weighted by Gasteiger charge is 2.33. The summed E-state index contributed by atoms with van der Waals surface area (Å²) in [4.78, 5) is 2.18. The molecule has 1 aliphatic carbocycles. The van der Waals surface area contributed by atoms with Crippen molar-refractivity contribution in [1.82, 2.24) is 4.90 Å². The molecule has 0 aliphatic heterocycles. The van der Waals surface area contributed by atoms with Gasteiger partial charge >= 0.3 is 0 Å². The zero-order valence-corrected chi connectivity index (χ0v) is 12.6. The van der Waals surface area contributed by atoms with Gasteiger partial charge in [-0.1, -0.05) is 37.5 Å². The number of hydrogen-bond acceptors (Lipinski definition) is 2. The van der Waals surface area contributed by atoms with Crippen molar-refractivity contribution in [3.05, 3.63) is 35.6 Å². The number of aliphatic hydroxyl groups excluding tert-OH is 1. The molecule has 0 heterocycles. The molecule has 20 heavy (non-hydrogen) atoms. The quantitative estimate of drug-likeness (QED) is 0.887. The monoisotopic (exact) mass is 279 g/mol. The molecule has 1 aliphatic rings. The Morgan fingerprint density at radius 3 is 2.50 bits per heavy atom. The maximum Gasteiger partial charge on any atom is 0.127 e. The number of benzene rings is 1. The molecule has 0 spiro atoms. The van der Waals surface area contributed by atoms with Gasteiger partial charge in [-0.25, -0.2) is 4.39 Å². The largest absolute Gasteiger partial charge is 0.396 e. The molecule has 0 aromatic heterocycles. The number of nitrogens with zero attached hydrogens (tertiary/aromatic N) is 1. The first-order valence-electron chi connectivity index (χ1n) is 7.63. The van der Waals surface area contributed by atoms with Crippen LogP contribution in [-0.4, -0.2) is 30.2 Å².